The van der Waals surface area contributed by atoms with Gasteiger partial charge in [-0.15, -0.1) is 0 Å². The lowest BCUT2D eigenvalue weighted by Crippen LogP contribution is -2.37. The lowest BCUT2D eigenvalue weighted by molar-refractivity contribution is 0.556. The van der Waals surface area contributed by atoms with Crippen LogP contribution in [0.5, 0.6) is 0 Å². The minimum atomic E-state index is -3.40. The Hall–Kier alpha value is -0.390. The molecule has 0 amide bonds. The number of hydrogen-bond donors (Lipinski definition) is 1. The van der Waals surface area contributed by atoms with Crippen LogP contribution in [0.2, 0.25) is 0 Å². The maximum Gasteiger partial charge on any atom is 0.240 e. The van der Waals surface area contributed by atoms with Crippen molar-refractivity contribution in [2.24, 2.45) is 0 Å². The monoisotopic (exact) mass is 331 g/mol. The molecule has 0 bridgehead atoms. The predicted molar refractivity (Wildman–Crippen MR) is 76.6 cm³/mol. The van der Waals surface area contributed by atoms with Gasteiger partial charge in [0.2, 0.25) is 10.0 Å². The smallest absolute Gasteiger partial charge is 0.207 e. The van der Waals surface area contributed by atoms with Crippen molar-refractivity contribution < 1.29 is 8.42 Å². The molecule has 2 rings (SSSR count). The topological polar surface area (TPSA) is 46.2 Å². The van der Waals surface area contributed by atoms with Gasteiger partial charge in [0, 0.05) is 10.9 Å². The minimum Gasteiger partial charge on any atom is -0.207 e. The van der Waals surface area contributed by atoms with Gasteiger partial charge >= 0.3 is 0 Å². The number of benzene rings is 1. The number of rotatable bonds is 3. The van der Waals surface area contributed by atoms with Gasteiger partial charge in [-0.05, 0) is 49.9 Å². The summed E-state index contributed by atoms with van der Waals surface area (Å²) in [5.41, 5.74) is 2.10. The summed E-state index contributed by atoms with van der Waals surface area (Å²) in [6, 6.07) is 5.26. The van der Waals surface area contributed by atoms with E-state index in [1.165, 1.54) is 0 Å². The molecule has 0 aromatic heterocycles. The number of halogens is 1. The maximum absolute atomic E-state index is 12.3. The first-order valence-electron chi connectivity index (χ1n) is 6.14. The molecule has 2 atom stereocenters. The second-order valence-electron chi connectivity index (χ2n) is 4.92. The van der Waals surface area contributed by atoms with Gasteiger partial charge in [-0.3, -0.25) is 0 Å². The first-order chi connectivity index (χ1) is 8.40. The maximum atomic E-state index is 12.3. The molecule has 1 saturated carbocycles. The summed E-state index contributed by atoms with van der Waals surface area (Å²) >= 11 is 3.53. The van der Waals surface area contributed by atoms with Crippen LogP contribution in [0.25, 0.3) is 0 Å². The first-order valence-corrected chi connectivity index (χ1v) is 8.54. The van der Waals surface area contributed by atoms with Crippen LogP contribution in [-0.4, -0.2) is 19.3 Å². The molecular formula is C13H18BrNO2S. The molecule has 0 spiro atoms. The van der Waals surface area contributed by atoms with Gasteiger partial charge in [-0.25, -0.2) is 13.1 Å². The van der Waals surface area contributed by atoms with Crippen LogP contribution in [0.3, 0.4) is 0 Å². The number of nitrogens with one attached hydrogen (secondary N) is 1. The Labute approximate surface area is 117 Å². The van der Waals surface area contributed by atoms with Crippen LogP contribution in [0.1, 0.15) is 30.4 Å². The van der Waals surface area contributed by atoms with Gasteiger partial charge in [-0.1, -0.05) is 28.4 Å². The Bertz CT molecular complexity index is 542. The van der Waals surface area contributed by atoms with Crippen LogP contribution in [-0.2, 0) is 10.0 Å². The van der Waals surface area contributed by atoms with Crippen molar-refractivity contribution >= 4 is 26.0 Å². The Morgan fingerprint density at radius 2 is 1.94 bits per heavy atom. The van der Waals surface area contributed by atoms with Gasteiger partial charge in [0.1, 0.15) is 0 Å². The molecule has 18 heavy (non-hydrogen) atoms. The van der Waals surface area contributed by atoms with Crippen molar-refractivity contribution in [3.05, 3.63) is 29.3 Å². The predicted octanol–water partition coefficient (Wildman–Crippen LogP) is 2.90. The van der Waals surface area contributed by atoms with E-state index in [0.29, 0.717) is 4.90 Å². The Morgan fingerprint density at radius 1 is 1.22 bits per heavy atom. The number of aryl methyl sites for hydroxylation is 2. The Balaban J connectivity index is 2.22. The third-order valence-electron chi connectivity index (χ3n) is 3.53. The zero-order chi connectivity index (χ0) is 13.3. The molecule has 1 aromatic rings. The minimum absolute atomic E-state index is 0.0107. The highest BCUT2D eigenvalue weighted by Gasteiger charge is 2.29. The number of alkyl halides is 1. The van der Waals surface area contributed by atoms with Crippen LogP contribution in [0.4, 0.5) is 0 Å². The highest BCUT2D eigenvalue weighted by molar-refractivity contribution is 9.09. The van der Waals surface area contributed by atoms with E-state index in [2.05, 4.69) is 20.7 Å². The molecule has 1 fully saturated rings. The quantitative estimate of drug-likeness (QED) is 0.865. The lowest BCUT2D eigenvalue weighted by atomic mass is 10.1. The molecule has 2 unspecified atom stereocenters. The van der Waals surface area contributed by atoms with Crippen molar-refractivity contribution in [1.29, 1.82) is 0 Å². The average Bonchev–Trinajstić information content (AvgIpc) is 2.67. The molecule has 100 valence electrons. The van der Waals surface area contributed by atoms with Crippen molar-refractivity contribution in [3.63, 3.8) is 0 Å². The van der Waals surface area contributed by atoms with Gasteiger partial charge < -0.3 is 0 Å². The van der Waals surface area contributed by atoms with Gasteiger partial charge in [-0.2, -0.15) is 0 Å². The van der Waals surface area contributed by atoms with E-state index >= 15 is 0 Å². The average molecular weight is 332 g/mol. The van der Waals surface area contributed by atoms with Gasteiger partial charge in [0.25, 0.3) is 0 Å². The molecule has 1 N–H and O–H groups in total. The molecule has 0 heterocycles. The Kier molecular flexibility index (Phi) is 4.14. The second kappa shape index (κ2) is 5.31. The standard InChI is InChI=1S/C13H18BrNO2S/c1-9-6-7-11(8-10(9)2)18(16,17)15-13-5-3-4-12(13)14/h6-8,12-13,15H,3-5H2,1-2H3. The van der Waals surface area contributed by atoms with Gasteiger partial charge in [0.15, 0.2) is 0 Å². The van der Waals surface area contributed by atoms with E-state index in [-0.39, 0.29) is 10.9 Å². The summed E-state index contributed by atoms with van der Waals surface area (Å²) in [5, 5.41) is 0. The SMILES string of the molecule is Cc1ccc(S(=O)(=O)NC2CCCC2Br)cc1C. The molecular weight excluding hydrogens is 314 g/mol. The zero-order valence-electron chi connectivity index (χ0n) is 10.6. The van der Waals surface area contributed by atoms with E-state index in [1.54, 1.807) is 12.1 Å². The summed E-state index contributed by atoms with van der Waals surface area (Å²) < 4.78 is 27.3. The van der Waals surface area contributed by atoms with Crippen LogP contribution in [0.15, 0.2) is 23.1 Å². The molecule has 5 heteroatoms. The zero-order valence-corrected chi connectivity index (χ0v) is 13.0. The molecule has 1 aromatic carbocycles. The van der Waals surface area contributed by atoms with Crippen molar-refractivity contribution in [2.75, 3.05) is 0 Å². The molecule has 0 radical (unpaired) electrons. The normalized spacial score (nSPS) is 24.4. The second-order valence-corrected chi connectivity index (χ2v) is 7.81. The molecule has 0 aliphatic heterocycles. The Morgan fingerprint density at radius 3 is 2.50 bits per heavy atom. The summed E-state index contributed by atoms with van der Waals surface area (Å²) in [6.07, 6.45) is 3.00. The summed E-state index contributed by atoms with van der Waals surface area (Å²) in [4.78, 5) is 0.607. The molecule has 3 nitrogen and oxygen atoms in total. The van der Waals surface area contributed by atoms with Crippen molar-refractivity contribution in [1.82, 2.24) is 4.72 Å². The highest BCUT2D eigenvalue weighted by atomic mass is 79.9. The van der Waals surface area contributed by atoms with E-state index in [9.17, 15) is 8.42 Å². The van der Waals surface area contributed by atoms with E-state index in [4.69, 9.17) is 0 Å². The fourth-order valence-electron chi connectivity index (χ4n) is 2.20. The number of hydrogen-bond acceptors (Lipinski definition) is 2. The van der Waals surface area contributed by atoms with Gasteiger partial charge in [0.05, 0.1) is 4.90 Å². The van der Waals surface area contributed by atoms with E-state index < -0.39 is 10.0 Å². The first kappa shape index (κ1) is 14.0. The largest absolute Gasteiger partial charge is 0.240 e. The highest BCUT2D eigenvalue weighted by Crippen LogP contribution is 2.27. The summed E-state index contributed by atoms with van der Waals surface area (Å²) in [6.45, 7) is 3.90. The number of sulfonamides is 1. The summed E-state index contributed by atoms with van der Waals surface area (Å²) in [5.74, 6) is 0. The van der Waals surface area contributed by atoms with E-state index in [0.717, 1.165) is 30.4 Å². The summed E-state index contributed by atoms with van der Waals surface area (Å²) in [7, 11) is -3.40. The molecule has 0 saturated heterocycles. The third kappa shape index (κ3) is 2.95. The fourth-order valence-corrected chi connectivity index (χ4v) is 4.49. The lowest BCUT2D eigenvalue weighted by Gasteiger charge is -2.16. The van der Waals surface area contributed by atoms with Crippen LogP contribution < -0.4 is 4.72 Å². The third-order valence-corrected chi connectivity index (χ3v) is 6.11. The fraction of sp³-hybridized carbons (Fsp3) is 0.538. The molecule has 1 aliphatic carbocycles. The van der Waals surface area contributed by atoms with Crippen LogP contribution in [0, 0.1) is 13.8 Å². The van der Waals surface area contributed by atoms with Crippen LogP contribution >= 0.6 is 15.9 Å². The van der Waals surface area contributed by atoms with E-state index in [1.807, 2.05) is 19.9 Å². The van der Waals surface area contributed by atoms with Crippen molar-refractivity contribution in [3.8, 4) is 0 Å². The van der Waals surface area contributed by atoms with Crippen molar-refractivity contribution in [2.45, 2.75) is 48.9 Å². The molecule has 1 aliphatic rings.